The fourth-order valence-electron chi connectivity index (χ4n) is 4.23. The molecule has 0 spiro atoms. The van der Waals surface area contributed by atoms with Crippen LogP contribution in [-0.2, 0) is 21.8 Å². The lowest BCUT2D eigenvalue weighted by Gasteiger charge is -2.40. The summed E-state index contributed by atoms with van der Waals surface area (Å²) in [5.41, 5.74) is -0.594. The van der Waals surface area contributed by atoms with Crippen molar-refractivity contribution >= 4 is 21.6 Å². The summed E-state index contributed by atoms with van der Waals surface area (Å²) < 4.78 is 55.4. The number of sulfonamides is 1. The van der Waals surface area contributed by atoms with Crippen molar-refractivity contribution in [2.75, 3.05) is 25.1 Å². The fourth-order valence-corrected chi connectivity index (χ4v) is 5.73. The molecule has 1 amide bonds. The molecule has 9 nitrogen and oxygen atoms in total. The summed E-state index contributed by atoms with van der Waals surface area (Å²) in [6.07, 6.45) is 4.23. The van der Waals surface area contributed by atoms with E-state index in [1.54, 1.807) is 12.1 Å². The SMILES string of the molecule is C=CC1([C@H]2COc3c(cn(C)c3C(=O)Nc3ccc(F)c(C#N)c3)S(=O)(=O)N2)CCOCC1. The van der Waals surface area contributed by atoms with Crippen molar-refractivity contribution in [1.82, 2.24) is 9.29 Å². The van der Waals surface area contributed by atoms with Crippen LogP contribution in [-0.4, -0.2) is 44.8 Å². The molecule has 1 saturated heterocycles. The van der Waals surface area contributed by atoms with Crippen LogP contribution in [0, 0.1) is 22.6 Å². The van der Waals surface area contributed by atoms with E-state index in [9.17, 15) is 17.6 Å². The van der Waals surface area contributed by atoms with Crippen LogP contribution in [0.15, 0.2) is 41.9 Å². The molecule has 0 saturated carbocycles. The van der Waals surface area contributed by atoms with Gasteiger partial charge in [-0.1, -0.05) is 6.08 Å². The highest BCUT2D eigenvalue weighted by atomic mass is 32.2. The number of nitrogens with one attached hydrogen (secondary N) is 2. The number of carbonyl (C=O) groups excluding carboxylic acids is 1. The quantitative estimate of drug-likeness (QED) is 0.656. The minimum absolute atomic E-state index is 0.00231. The van der Waals surface area contributed by atoms with Gasteiger partial charge in [-0.3, -0.25) is 4.79 Å². The summed E-state index contributed by atoms with van der Waals surface area (Å²) in [5.74, 6) is -1.44. The standard InChI is InChI=1S/C22H23FN4O5S/c1-3-22(6-8-31-9-7-22)18-13-32-20-17(33(29,30)26-18)12-27(2)19(20)21(28)25-15-4-5-16(23)14(10-15)11-24/h3-5,10,12,18,26H,1,6-9,13H2,2H3,(H,25,28)/t18-/m1/s1. The Hall–Kier alpha value is -3.20. The Morgan fingerprint density at radius 3 is 2.82 bits per heavy atom. The molecule has 2 aliphatic rings. The van der Waals surface area contributed by atoms with Gasteiger partial charge in [-0.05, 0) is 31.0 Å². The van der Waals surface area contributed by atoms with Crippen LogP contribution in [0.25, 0.3) is 0 Å². The van der Waals surface area contributed by atoms with Gasteiger partial charge in [0.2, 0.25) is 10.0 Å². The van der Waals surface area contributed by atoms with Gasteiger partial charge in [0, 0.05) is 37.6 Å². The number of hydrogen-bond acceptors (Lipinski definition) is 6. The molecule has 0 aliphatic carbocycles. The molecule has 0 bridgehead atoms. The van der Waals surface area contributed by atoms with Gasteiger partial charge in [0.15, 0.2) is 11.4 Å². The van der Waals surface area contributed by atoms with Crippen LogP contribution < -0.4 is 14.8 Å². The van der Waals surface area contributed by atoms with E-state index in [1.165, 1.54) is 29.9 Å². The number of benzene rings is 1. The largest absolute Gasteiger partial charge is 0.488 e. The highest BCUT2D eigenvalue weighted by Gasteiger charge is 2.44. The summed E-state index contributed by atoms with van der Waals surface area (Å²) in [6, 6.07) is 4.69. The third-order valence-corrected chi connectivity index (χ3v) is 7.63. The van der Waals surface area contributed by atoms with Gasteiger partial charge >= 0.3 is 0 Å². The lowest BCUT2D eigenvalue weighted by Crippen LogP contribution is -2.51. The van der Waals surface area contributed by atoms with Gasteiger partial charge in [0.05, 0.1) is 11.6 Å². The first kappa shape index (κ1) is 23.0. The molecular formula is C22H23FN4O5S. The number of aromatic nitrogens is 1. The van der Waals surface area contributed by atoms with E-state index in [4.69, 9.17) is 14.7 Å². The minimum Gasteiger partial charge on any atom is -0.488 e. The Bertz CT molecular complexity index is 1260. The molecule has 1 aromatic carbocycles. The maximum atomic E-state index is 13.6. The average Bonchev–Trinajstić information content (AvgIpc) is 3.08. The average molecular weight is 475 g/mol. The number of nitrogens with zero attached hydrogens (tertiary/aromatic N) is 2. The van der Waals surface area contributed by atoms with Crippen LogP contribution in [0.2, 0.25) is 0 Å². The highest BCUT2D eigenvalue weighted by Crippen LogP contribution is 2.40. The summed E-state index contributed by atoms with van der Waals surface area (Å²) in [7, 11) is -2.48. The maximum absolute atomic E-state index is 13.6. The van der Waals surface area contributed by atoms with Crippen molar-refractivity contribution in [3.8, 4) is 11.8 Å². The fraction of sp³-hybridized carbons (Fsp3) is 0.364. The number of anilines is 1. The number of amides is 1. The molecule has 2 aromatic rings. The second-order valence-corrected chi connectivity index (χ2v) is 9.76. The first-order valence-corrected chi connectivity index (χ1v) is 11.8. The number of hydrogen-bond donors (Lipinski definition) is 2. The predicted octanol–water partition coefficient (Wildman–Crippen LogP) is 2.31. The zero-order valence-electron chi connectivity index (χ0n) is 17.9. The van der Waals surface area contributed by atoms with Crippen molar-refractivity contribution < 1.29 is 27.1 Å². The lowest BCUT2D eigenvalue weighted by atomic mass is 9.74. The molecule has 4 rings (SSSR count). The second-order valence-electron chi connectivity index (χ2n) is 8.08. The summed E-state index contributed by atoms with van der Waals surface area (Å²) in [5, 5.41) is 11.6. The maximum Gasteiger partial charge on any atom is 0.276 e. The molecule has 11 heteroatoms. The summed E-state index contributed by atoms with van der Waals surface area (Å²) >= 11 is 0. The van der Waals surface area contributed by atoms with Crippen molar-refractivity contribution in [3.05, 3.63) is 54.1 Å². The Balaban J connectivity index is 1.67. The van der Waals surface area contributed by atoms with Gasteiger partial charge in [0.1, 0.15) is 23.4 Å². The molecule has 174 valence electrons. The number of carbonyl (C=O) groups is 1. The number of nitriles is 1. The van der Waals surface area contributed by atoms with Crippen molar-refractivity contribution in [1.29, 1.82) is 5.26 Å². The predicted molar refractivity (Wildman–Crippen MR) is 117 cm³/mol. The molecular weight excluding hydrogens is 451 g/mol. The van der Waals surface area contributed by atoms with Gasteiger partial charge in [0.25, 0.3) is 5.91 Å². The van der Waals surface area contributed by atoms with Crippen LogP contribution in [0.1, 0.15) is 28.9 Å². The Labute approximate surface area is 190 Å². The van der Waals surface area contributed by atoms with Crippen LogP contribution in [0.5, 0.6) is 5.75 Å². The molecule has 0 radical (unpaired) electrons. The van der Waals surface area contributed by atoms with E-state index in [2.05, 4.69) is 16.6 Å². The number of rotatable bonds is 4. The second kappa shape index (κ2) is 8.62. The van der Waals surface area contributed by atoms with E-state index in [1.807, 2.05) is 0 Å². The topological polar surface area (TPSA) is 122 Å². The van der Waals surface area contributed by atoms with Gasteiger partial charge in [-0.25, -0.2) is 17.5 Å². The highest BCUT2D eigenvalue weighted by molar-refractivity contribution is 7.89. The molecule has 1 atom stereocenters. The van der Waals surface area contributed by atoms with Gasteiger partial charge in [-0.15, -0.1) is 6.58 Å². The van der Waals surface area contributed by atoms with E-state index in [0.717, 1.165) is 6.07 Å². The Morgan fingerprint density at radius 1 is 1.42 bits per heavy atom. The van der Waals surface area contributed by atoms with Crippen molar-refractivity contribution in [3.63, 3.8) is 0 Å². The normalized spacial score (nSPS) is 21.1. The molecule has 3 heterocycles. The Kier molecular flexibility index (Phi) is 6.00. The van der Waals surface area contributed by atoms with E-state index >= 15 is 0 Å². The van der Waals surface area contributed by atoms with Gasteiger partial charge < -0.3 is 19.4 Å². The van der Waals surface area contributed by atoms with Crippen LogP contribution in [0.4, 0.5) is 10.1 Å². The number of ether oxygens (including phenoxy) is 2. The van der Waals surface area contributed by atoms with E-state index in [-0.39, 0.29) is 34.2 Å². The Morgan fingerprint density at radius 2 is 2.15 bits per heavy atom. The molecule has 2 aliphatic heterocycles. The third kappa shape index (κ3) is 4.13. The zero-order chi connectivity index (χ0) is 23.8. The number of aryl methyl sites for hydroxylation is 1. The van der Waals surface area contributed by atoms with Crippen molar-refractivity contribution in [2.45, 2.75) is 23.8 Å². The van der Waals surface area contributed by atoms with Crippen LogP contribution in [0.3, 0.4) is 0 Å². The first-order chi connectivity index (χ1) is 15.7. The summed E-state index contributed by atoms with van der Waals surface area (Å²) in [6.45, 7) is 4.87. The van der Waals surface area contributed by atoms with Crippen molar-refractivity contribution in [2.24, 2.45) is 12.5 Å². The summed E-state index contributed by atoms with van der Waals surface area (Å²) in [4.78, 5) is 12.9. The first-order valence-electron chi connectivity index (χ1n) is 10.3. The molecule has 33 heavy (non-hydrogen) atoms. The van der Waals surface area contributed by atoms with Crippen LogP contribution >= 0.6 is 0 Å². The molecule has 1 fully saturated rings. The number of fused-ring (bicyclic) bond motifs is 1. The lowest BCUT2D eigenvalue weighted by molar-refractivity contribution is 0.0155. The monoisotopic (exact) mass is 474 g/mol. The molecule has 0 unspecified atom stereocenters. The molecule has 1 aromatic heterocycles. The van der Waals surface area contributed by atoms with E-state index in [0.29, 0.717) is 26.1 Å². The van der Waals surface area contributed by atoms with Gasteiger partial charge in [-0.2, -0.15) is 5.26 Å². The smallest absolute Gasteiger partial charge is 0.276 e. The minimum atomic E-state index is -4.01. The number of halogens is 1. The third-order valence-electron chi connectivity index (χ3n) is 6.17. The zero-order valence-corrected chi connectivity index (χ0v) is 18.7. The molecule has 2 N–H and O–H groups in total. The van der Waals surface area contributed by atoms with E-state index < -0.39 is 33.2 Å².